The summed E-state index contributed by atoms with van der Waals surface area (Å²) in [7, 11) is 0. The molecule has 3 atom stereocenters. The first-order valence-electron chi connectivity index (χ1n) is 11.8. The molecule has 2 N–H and O–H groups in total. The Kier molecular flexibility index (Phi) is 11.2. The van der Waals surface area contributed by atoms with Gasteiger partial charge in [0.05, 0.1) is 18.8 Å². The first kappa shape index (κ1) is 26.9. The highest BCUT2D eigenvalue weighted by Crippen LogP contribution is 2.18. The first-order chi connectivity index (χ1) is 15.0. The van der Waals surface area contributed by atoms with E-state index >= 15 is 0 Å². The van der Waals surface area contributed by atoms with Crippen LogP contribution in [0.15, 0.2) is 29.3 Å². The molecule has 1 aromatic carbocycles. The molecule has 180 valence electrons. The van der Waals surface area contributed by atoms with E-state index in [0.717, 1.165) is 51.6 Å². The molecule has 0 radical (unpaired) electrons. The quantitative estimate of drug-likeness (QED) is 0.307. The second-order valence-electron chi connectivity index (χ2n) is 8.74. The van der Waals surface area contributed by atoms with E-state index in [4.69, 9.17) is 9.73 Å². The number of aliphatic imine (C=N–C) groups is 1. The van der Waals surface area contributed by atoms with Gasteiger partial charge in [0.25, 0.3) is 0 Å². The molecule has 3 unspecified atom stereocenters. The fourth-order valence-electron chi connectivity index (χ4n) is 4.53. The Morgan fingerprint density at radius 2 is 1.81 bits per heavy atom. The van der Waals surface area contributed by atoms with E-state index in [-0.39, 0.29) is 48.1 Å². The number of hydrogen-bond donors (Lipinski definition) is 2. The van der Waals surface area contributed by atoms with E-state index in [9.17, 15) is 4.79 Å². The number of carbonyl (C=O) groups is 1. The van der Waals surface area contributed by atoms with E-state index < -0.39 is 0 Å². The van der Waals surface area contributed by atoms with Crippen molar-refractivity contribution in [2.75, 3.05) is 32.7 Å². The van der Waals surface area contributed by atoms with Crippen LogP contribution in [0.3, 0.4) is 0 Å². The van der Waals surface area contributed by atoms with Crippen LogP contribution in [0.25, 0.3) is 0 Å². The number of nitrogens with zero attached hydrogens (tertiary/aromatic N) is 3. The predicted molar refractivity (Wildman–Crippen MR) is 140 cm³/mol. The van der Waals surface area contributed by atoms with Crippen molar-refractivity contribution in [1.82, 2.24) is 20.4 Å². The molecular formula is C24H40IN5O2. The second kappa shape index (κ2) is 13.3. The van der Waals surface area contributed by atoms with Gasteiger partial charge >= 0.3 is 0 Å². The molecule has 1 aromatic rings. The molecule has 1 amide bonds. The molecule has 8 heteroatoms. The summed E-state index contributed by atoms with van der Waals surface area (Å²) in [6.45, 7) is 14.1. The average molecular weight is 558 g/mol. The highest BCUT2D eigenvalue weighted by molar-refractivity contribution is 14.0. The molecule has 0 aliphatic carbocycles. The zero-order valence-electron chi connectivity index (χ0n) is 20.0. The number of likely N-dealkylation sites (tertiary alicyclic amines) is 1. The van der Waals surface area contributed by atoms with Gasteiger partial charge in [-0.3, -0.25) is 9.69 Å². The van der Waals surface area contributed by atoms with Gasteiger partial charge in [0.15, 0.2) is 5.96 Å². The van der Waals surface area contributed by atoms with Crippen LogP contribution < -0.4 is 10.6 Å². The van der Waals surface area contributed by atoms with Crippen molar-refractivity contribution in [3.8, 4) is 0 Å². The zero-order valence-corrected chi connectivity index (χ0v) is 22.3. The third-order valence-electron chi connectivity index (χ3n) is 5.94. The van der Waals surface area contributed by atoms with Crippen LogP contribution in [0.5, 0.6) is 0 Å². The van der Waals surface area contributed by atoms with Crippen molar-refractivity contribution in [3.05, 3.63) is 35.4 Å². The number of ether oxygens (including phenoxy) is 1. The summed E-state index contributed by atoms with van der Waals surface area (Å²) < 4.78 is 5.88. The van der Waals surface area contributed by atoms with Crippen LogP contribution in [0.2, 0.25) is 0 Å². The minimum Gasteiger partial charge on any atom is -0.373 e. The van der Waals surface area contributed by atoms with Gasteiger partial charge in [0.1, 0.15) is 0 Å². The molecule has 2 aliphatic rings. The summed E-state index contributed by atoms with van der Waals surface area (Å²) in [5.74, 6) is 1.05. The third kappa shape index (κ3) is 7.88. The van der Waals surface area contributed by atoms with Gasteiger partial charge in [0, 0.05) is 51.7 Å². The Morgan fingerprint density at radius 1 is 1.12 bits per heavy atom. The Balaban J connectivity index is 0.00000363. The lowest BCUT2D eigenvalue weighted by atomic mass is 10.1. The van der Waals surface area contributed by atoms with Gasteiger partial charge in [-0.1, -0.05) is 31.2 Å². The van der Waals surface area contributed by atoms with Crippen molar-refractivity contribution >= 4 is 35.8 Å². The van der Waals surface area contributed by atoms with Crippen molar-refractivity contribution in [2.45, 2.75) is 71.9 Å². The van der Waals surface area contributed by atoms with Gasteiger partial charge in [-0.2, -0.15) is 0 Å². The highest BCUT2D eigenvalue weighted by atomic mass is 127. The number of nitrogens with one attached hydrogen (secondary N) is 2. The molecule has 3 rings (SSSR count). The Morgan fingerprint density at radius 3 is 2.47 bits per heavy atom. The molecule has 2 aliphatic heterocycles. The van der Waals surface area contributed by atoms with Crippen LogP contribution >= 0.6 is 24.0 Å². The third-order valence-corrected chi connectivity index (χ3v) is 5.94. The van der Waals surface area contributed by atoms with E-state index in [2.05, 4.69) is 60.6 Å². The van der Waals surface area contributed by atoms with Gasteiger partial charge in [-0.05, 0) is 38.3 Å². The van der Waals surface area contributed by atoms with Crippen molar-refractivity contribution in [3.63, 3.8) is 0 Å². The number of morpholine rings is 1. The largest absolute Gasteiger partial charge is 0.373 e. The number of rotatable bonds is 7. The summed E-state index contributed by atoms with van der Waals surface area (Å²) in [6, 6.07) is 8.83. The molecule has 2 fully saturated rings. The van der Waals surface area contributed by atoms with Gasteiger partial charge < -0.3 is 20.3 Å². The predicted octanol–water partition coefficient (Wildman–Crippen LogP) is 2.98. The van der Waals surface area contributed by atoms with E-state index in [0.29, 0.717) is 13.0 Å². The summed E-state index contributed by atoms with van der Waals surface area (Å²) >= 11 is 0. The van der Waals surface area contributed by atoms with Gasteiger partial charge in [-0.25, -0.2) is 4.99 Å². The average Bonchev–Trinajstić information content (AvgIpc) is 3.20. The minimum absolute atomic E-state index is 0. The lowest BCUT2D eigenvalue weighted by Gasteiger charge is -2.35. The number of amides is 1. The van der Waals surface area contributed by atoms with Crippen LogP contribution in [0, 0.1) is 0 Å². The fourth-order valence-corrected chi connectivity index (χ4v) is 4.53. The zero-order chi connectivity index (χ0) is 22.2. The SMILES string of the molecule is CCNC(=NCc1ccccc1CN1CC(C)OC(C)C1)NC1CCN(C(=O)CC)C1.I. The molecule has 0 saturated carbocycles. The van der Waals surface area contributed by atoms with Crippen molar-refractivity contribution in [2.24, 2.45) is 4.99 Å². The lowest BCUT2D eigenvalue weighted by molar-refractivity contribution is -0.129. The number of benzene rings is 1. The maximum absolute atomic E-state index is 12.0. The number of guanidine groups is 1. The van der Waals surface area contributed by atoms with Crippen LogP contribution in [0.4, 0.5) is 0 Å². The molecule has 2 heterocycles. The van der Waals surface area contributed by atoms with E-state index in [1.54, 1.807) is 0 Å². The summed E-state index contributed by atoms with van der Waals surface area (Å²) in [5, 5.41) is 6.89. The topological polar surface area (TPSA) is 69.2 Å². The lowest BCUT2D eigenvalue weighted by Crippen LogP contribution is -2.45. The van der Waals surface area contributed by atoms with Crippen molar-refractivity contribution < 1.29 is 9.53 Å². The van der Waals surface area contributed by atoms with Gasteiger partial charge in [0.2, 0.25) is 5.91 Å². The van der Waals surface area contributed by atoms with Crippen molar-refractivity contribution in [1.29, 1.82) is 0 Å². The Hall–Kier alpha value is -1.39. The maximum atomic E-state index is 12.0. The number of carbonyl (C=O) groups excluding carboxylic acids is 1. The highest BCUT2D eigenvalue weighted by Gasteiger charge is 2.26. The molecular weight excluding hydrogens is 517 g/mol. The standard InChI is InChI=1S/C24H39N5O2.HI/c1-5-23(30)29-12-11-22(17-29)27-24(25-6-2)26-13-20-9-7-8-10-21(20)16-28-14-18(3)31-19(4)15-28;/h7-10,18-19,22H,5-6,11-17H2,1-4H3,(H2,25,26,27);1H. The van der Waals surface area contributed by atoms with Crippen LogP contribution in [0.1, 0.15) is 51.7 Å². The Labute approximate surface area is 210 Å². The number of halogens is 1. The molecule has 0 aromatic heterocycles. The molecule has 7 nitrogen and oxygen atoms in total. The van der Waals surface area contributed by atoms with Crippen LogP contribution in [-0.2, 0) is 22.6 Å². The molecule has 0 bridgehead atoms. The fraction of sp³-hybridized carbons (Fsp3) is 0.667. The molecule has 0 spiro atoms. The number of hydrogen-bond acceptors (Lipinski definition) is 4. The van der Waals surface area contributed by atoms with Crippen LogP contribution in [-0.4, -0.2) is 72.6 Å². The Bertz CT molecular complexity index is 750. The van der Waals surface area contributed by atoms with Gasteiger partial charge in [-0.15, -0.1) is 24.0 Å². The molecule has 32 heavy (non-hydrogen) atoms. The molecule has 2 saturated heterocycles. The normalized spacial score (nSPS) is 24.2. The van der Waals surface area contributed by atoms with E-state index in [1.807, 2.05) is 11.8 Å². The summed E-state index contributed by atoms with van der Waals surface area (Å²) in [5.41, 5.74) is 2.57. The summed E-state index contributed by atoms with van der Waals surface area (Å²) in [4.78, 5) is 21.3. The summed E-state index contributed by atoms with van der Waals surface area (Å²) in [6.07, 6.45) is 2.06. The maximum Gasteiger partial charge on any atom is 0.222 e. The second-order valence-corrected chi connectivity index (χ2v) is 8.74. The smallest absolute Gasteiger partial charge is 0.222 e. The van der Waals surface area contributed by atoms with E-state index in [1.165, 1.54) is 11.1 Å². The minimum atomic E-state index is 0. The monoisotopic (exact) mass is 557 g/mol. The first-order valence-corrected chi connectivity index (χ1v) is 11.8.